The van der Waals surface area contributed by atoms with Crippen molar-refractivity contribution in [1.82, 2.24) is 9.88 Å². The maximum atomic E-state index is 14.1. The maximum Gasteiger partial charge on any atom is 0.255 e. The highest BCUT2D eigenvalue weighted by Crippen LogP contribution is 2.44. The van der Waals surface area contributed by atoms with E-state index in [2.05, 4.69) is 60.2 Å². The molecule has 2 atom stereocenters. The van der Waals surface area contributed by atoms with E-state index in [0.717, 1.165) is 46.5 Å². The lowest BCUT2D eigenvalue weighted by Crippen LogP contribution is -2.47. The van der Waals surface area contributed by atoms with Gasteiger partial charge in [0.2, 0.25) is 5.91 Å². The first-order valence-electron chi connectivity index (χ1n) is 14.1. The molecule has 39 heavy (non-hydrogen) atoms. The third-order valence-electron chi connectivity index (χ3n) is 8.15. The third kappa shape index (κ3) is 4.58. The van der Waals surface area contributed by atoms with Crippen molar-refractivity contribution in [2.24, 2.45) is 5.92 Å². The highest BCUT2D eigenvalue weighted by molar-refractivity contribution is 6.05. The molecule has 200 valence electrons. The summed E-state index contributed by atoms with van der Waals surface area (Å²) in [5, 5.41) is 4.23. The fourth-order valence-electron chi connectivity index (χ4n) is 6.35. The van der Waals surface area contributed by atoms with Gasteiger partial charge in [0.25, 0.3) is 5.91 Å². The van der Waals surface area contributed by atoms with Crippen molar-refractivity contribution in [3.8, 4) is 0 Å². The number of aromatic amines is 1. The molecule has 2 N–H and O–H groups in total. The summed E-state index contributed by atoms with van der Waals surface area (Å²) >= 11 is 0. The minimum atomic E-state index is -0.624. The Bertz CT molecular complexity index is 1510. The Morgan fingerprint density at radius 1 is 0.974 bits per heavy atom. The van der Waals surface area contributed by atoms with Gasteiger partial charge in [-0.05, 0) is 74.1 Å². The molecule has 2 amide bonds. The van der Waals surface area contributed by atoms with Gasteiger partial charge in [-0.15, -0.1) is 0 Å². The molecule has 6 heteroatoms. The number of aryl methyl sites for hydroxylation is 1. The normalized spacial score (nSPS) is 17.7. The van der Waals surface area contributed by atoms with Crippen LogP contribution in [0.2, 0.25) is 0 Å². The van der Waals surface area contributed by atoms with Gasteiger partial charge in [0.1, 0.15) is 6.04 Å². The smallest absolute Gasteiger partial charge is 0.255 e. The quantitative estimate of drug-likeness (QED) is 0.286. The Morgan fingerprint density at radius 2 is 1.67 bits per heavy atom. The van der Waals surface area contributed by atoms with E-state index >= 15 is 0 Å². The average molecular weight is 521 g/mol. The Morgan fingerprint density at radius 3 is 2.41 bits per heavy atom. The van der Waals surface area contributed by atoms with Gasteiger partial charge in [-0.3, -0.25) is 9.59 Å². The van der Waals surface area contributed by atoms with E-state index in [4.69, 9.17) is 0 Å². The molecule has 0 radical (unpaired) electrons. The van der Waals surface area contributed by atoms with E-state index in [1.165, 1.54) is 18.5 Å². The zero-order valence-electron chi connectivity index (χ0n) is 22.9. The Hall–Kier alpha value is -4.06. The van der Waals surface area contributed by atoms with Gasteiger partial charge in [0, 0.05) is 52.2 Å². The number of nitrogens with zero attached hydrogens (tertiary/aromatic N) is 2. The van der Waals surface area contributed by atoms with Crippen molar-refractivity contribution in [1.29, 1.82) is 0 Å². The van der Waals surface area contributed by atoms with E-state index < -0.39 is 6.04 Å². The molecule has 0 bridgehead atoms. The number of hydrogen-bond acceptors (Lipinski definition) is 3. The lowest BCUT2D eigenvalue weighted by Gasteiger charge is -2.34. The molecule has 6 rings (SSSR count). The number of carbonyl (C=O) groups is 2. The van der Waals surface area contributed by atoms with Crippen LogP contribution in [0.25, 0.3) is 10.9 Å². The van der Waals surface area contributed by atoms with Gasteiger partial charge in [0.15, 0.2) is 0 Å². The Balaban J connectivity index is 1.38. The number of hydrogen-bond donors (Lipinski definition) is 2. The SMILES string of the molecule is Cc1[nH]c2ccccc2c1C1c2ccccc2C(=O)N1C(CC(C)C)C(=O)Nc1ccc(N2CCCC2)cc1. The lowest BCUT2D eigenvalue weighted by atomic mass is 9.93. The molecule has 2 aliphatic heterocycles. The standard InChI is InChI=1S/C33H36N4O2/c1-21(2)20-29(32(38)35-23-14-16-24(17-15-23)36-18-8-9-19-36)37-31(25-10-4-5-11-26(25)33(37)39)30-22(3)34-28-13-7-6-12-27(28)30/h4-7,10-17,21,29,31,34H,8-9,18-20H2,1-3H3,(H,35,38). The van der Waals surface area contributed by atoms with E-state index in [0.29, 0.717) is 12.0 Å². The summed E-state index contributed by atoms with van der Waals surface area (Å²) < 4.78 is 0. The summed E-state index contributed by atoms with van der Waals surface area (Å²) in [6.07, 6.45) is 3.01. The fourth-order valence-corrected chi connectivity index (χ4v) is 6.35. The molecule has 1 aromatic heterocycles. The predicted octanol–water partition coefficient (Wildman–Crippen LogP) is 6.68. The number of fused-ring (bicyclic) bond motifs is 2. The van der Waals surface area contributed by atoms with E-state index in [1.807, 2.05) is 53.4 Å². The van der Waals surface area contributed by atoms with Gasteiger partial charge < -0.3 is 20.1 Å². The number of rotatable bonds is 7. The summed E-state index contributed by atoms with van der Waals surface area (Å²) in [6.45, 7) is 8.41. The first-order chi connectivity index (χ1) is 18.9. The minimum absolute atomic E-state index is 0.0922. The van der Waals surface area contributed by atoms with Crippen LogP contribution in [0, 0.1) is 12.8 Å². The molecular weight excluding hydrogens is 484 g/mol. The molecule has 1 fully saturated rings. The second kappa shape index (κ2) is 10.3. The van der Waals surface area contributed by atoms with Gasteiger partial charge in [0.05, 0.1) is 6.04 Å². The van der Waals surface area contributed by atoms with Crippen LogP contribution in [0.5, 0.6) is 0 Å². The molecule has 6 nitrogen and oxygen atoms in total. The van der Waals surface area contributed by atoms with Crippen LogP contribution in [0.15, 0.2) is 72.8 Å². The van der Waals surface area contributed by atoms with Crippen molar-refractivity contribution in [2.75, 3.05) is 23.3 Å². The van der Waals surface area contributed by atoms with Gasteiger partial charge in [-0.1, -0.05) is 50.2 Å². The average Bonchev–Trinajstić information content (AvgIpc) is 3.64. The molecule has 3 aromatic carbocycles. The molecule has 2 unspecified atom stereocenters. The minimum Gasteiger partial charge on any atom is -0.372 e. The van der Waals surface area contributed by atoms with E-state index in [9.17, 15) is 9.59 Å². The van der Waals surface area contributed by atoms with Crippen LogP contribution in [0.3, 0.4) is 0 Å². The first-order valence-corrected chi connectivity index (χ1v) is 14.1. The largest absolute Gasteiger partial charge is 0.372 e. The molecule has 0 saturated carbocycles. The Kier molecular flexibility index (Phi) is 6.63. The number of anilines is 2. The fraction of sp³-hybridized carbons (Fsp3) is 0.333. The van der Waals surface area contributed by atoms with Crippen LogP contribution in [0.4, 0.5) is 11.4 Å². The van der Waals surface area contributed by atoms with Crippen LogP contribution >= 0.6 is 0 Å². The van der Waals surface area contributed by atoms with Gasteiger partial charge in [-0.2, -0.15) is 0 Å². The number of nitrogens with one attached hydrogen (secondary N) is 2. The van der Waals surface area contributed by atoms with Crippen LogP contribution in [0.1, 0.15) is 66.3 Å². The Labute approximate surface area is 230 Å². The summed E-state index contributed by atoms with van der Waals surface area (Å²) in [6, 6.07) is 23.1. The van der Waals surface area contributed by atoms with Crippen LogP contribution in [-0.2, 0) is 4.79 Å². The van der Waals surface area contributed by atoms with Crippen molar-refractivity contribution in [3.05, 3.63) is 95.2 Å². The van der Waals surface area contributed by atoms with Crippen molar-refractivity contribution < 1.29 is 9.59 Å². The molecule has 0 aliphatic carbocycles. The van der Waals surface area contributed by atoms with Crippen molar-refractivity contribution in [3.63, 3.8) is 0 Å². The third-order valence-corrected chi connectivity index (χ3v) is 8.15. The molecule has 3 heterocycles. The summed E-state index contributed by atoms with van der Waals surface area (Å²) in [5.41, 5.74) is 6.66. The van der Waals surface area contributed by atoms with Crippen LogP contribution in [-0.4, -0.2) is 40.8 Å². The zero-order valence-corrected chi connectivity index (χ0v) is 22.9. The number of amides is 2. The second-order valence-electron chi connectivity index (χ2n) is 11.3. The monoisotopic (exact) mass is 520 g/mol. The van der Waals surface area contributed by atoms with Crippen molar-refractivity contribution in [2.45, 2.75) is 52.1 Å². The highest BCUT2D eigenvalue weighted by atomic mass is 16.2. The molecule has 0 spiro atoms. The van der Waals surface area contributed by atoms with Crippen molar-refractivity contribution >= 4 is 34.1 Å². The summed E-state index contributed by atoms with van der Waals surface area (Å²) in [4.78, 5) is 35.8. The van der Waals surface area contributed by atoms with Crippen LogP contribution < -0.4 is 10.2 Å². The number of aromatic nitrogens is 1. The number of carbonyl (C=O) groups excluding carboxylic acids is 2. The molecule has 2 aliphatic rings. The molecule has 4 aromatic rings. The molecule has 1 saturated heterocycles. The van der Waals surface area contributed by atoms with Gasteiger partial charge in [-0.25, -0.2) is 0 Å². The van der Waals surface area contributed by atoms with E-state index in [1.54, 1.807) is 0 Å². The predicted molar refractivity (Wildman–Crippen MR) is 157 cm³/mol. The maximum absolute atomic E-state index is 14.1. The number of H-pyrrole nitrogens is 1. The first kappa shape index (κ1) is 25.2. The topological polar surface area (TPSA) is 68.4 Å². The van der Waals surface area contributed by atoms with E-state index in [-0.39, 0.29) is 23.8 Å². The van der Waals surface area contributed by atoms with Gasteiger partial charge >= 0.3 is 0 Å². The zero-order chi connectivity index (χ0) is 27.1. The second-order valence-corrected chi connectivity index (χ2v) is 11.3. The number of benzene rings is 3. The number of para-hydroxylation sites is 1. The summed E-state index contributed by atoms with van der Waals surface area (Å²) in [7, 11) is 0. The molecular formula is C33H36N4O2. The summed E-state index contributed by atoms with van der Waals surface area (Å²) in [5.74, 6) is -0.0220. The lowest BCUT2D eigenvalue weighted by molar-refractivity contribution is -0.121. The highest BCUT2D eigenvalue weighted by Gasteiger charge is 2.45.